The first-order valence-electron chi connectivity index (χ1n) is 13.3. The Bertz CT molecular complexity index is 1310. The molecule has 0 bridgehead atoms. The molecule has 2 aliphatic rings. The monoisotopic (exact) mass is 583 g/mol. The molecule has 0 saturated carbocycles. The number of allylic oxidation sites excluding steroid dienone is 1. The fourth-order valence-corrected chi connectivity index (χ4v) is 4.97. The van der Waals surface area contributed by atoms with E-state index in [2.05, 4.69) is 6.58 Å². The van der Waals surface area contributed by atoms with E-state index < -0.39 is 73.4 Å². The third-order valence-corrected chi connectivity index (χ3v) is 7.30. The van der Waals surface area contributed by atoms with Crippen LogP contribution in [0.2, 0.25) is 0 Å². The molecule has 1 aromatic heterocycles. The van der Waals surface area contributed by atoms with Crippen LogP contribution in [-0.2, 0) is 30.2 Å². The molecule has 1 fully saturated rings. The van der Waals surface area contributed by atoms with E-state index in [1.807, 2.05) is 30.3 Å². The van der Waals surface area contributed by atoms with Gasteiger partial charge in [0.2, 0.25) is 12.3 Å². The quantitative estimate of drug-likeness (QED) is 0.162. The first-order chi connectivity index (χ1) is 20.1. The van der Waals surface area contributed by atoms with Gasteiger partial charge in [-0.3, -0.25) is 0 Å². The zero-order chi connectivity index (χ0) is 30.4. The molecule has 0 aliphatic carbocycles. The van der Waals surface area contributed by atoms with Gasteiger partial charge in [0.05, 0.1) is 24.4 Å². The average molecular weight is 584 g/mol. The smallest absolute Gasteiger partial charge is 0.335 e. The Morgan fingerprint density at radius 2 is 1.81 bits per heavy atom. The summed E-state index contributed by atoms with van der Waals surface area (Å²) in [6.45, 7) is 3.12. The third kappa shape index (κ3) is 6.93. The van der Waals surface area contributed by atoms with Crippen LogP contribution >= 0.6 is 0 Å². The number of aliphatic carboxylic acids is 2. The molecule has 5 N–H and O–H groups in total. The lowest BCUT2D eigenvalue weighted by Crippen LogP contribution is -2.60. The van der Waals surface area contributed by atoms with Gasteiger partial charge in [0.15, 0.2) is 18.7 Å². The average Bonchev–Trinajstić information content (AvgIpc) is 2.99. The molecule has 4 rings (SSSR count). The maximum absolute atomic E-state index is 12.1. The number of nitrogens with zero attached hydrogens (tertiary/aromatic N) is 1. The van der Waals surface area contributed by atoms with E-state index in [4.69, 9.17) is 14.2 Å². The standard InChI is InChI=1S/C30H33NO11/c1-2-19-20(11-10-18-9-6-12-31(14-18)22(28(38)39)13-17-7-4-3-5-8-17)21(27(36)37)16-40-29(19)42-30-26(35)25(34)24(33)23(15-32)41-30/h2-12,14,16,19-20,22-26,29-30,32-35H,1,13,15H2,(H-,36,37,38,39)/b11-10+/t19-,20+,22-,23-,24-,25+,26-,29+,30+/m1/s1. The molecular weight excluding hydrogens is 550 g/mol. The minimum absolute atomic E-state index is 0.120. The summed E-state index contributed by atoms with van der Waals surface area (Å²) in [7, 11) is 0. The van der Waals surface area contributed by atoms with Crippen molar-refractivity contribution in [1.29, 1.82) is 0 Å². The van der Waals surface area contributed by atoms with Gasteiger partial charge in [-0.15, -0.1) is 6.58 Å². The number of aliphatic hydroxyl groups excluding tert-OH is 4. The summed E-state index contributed by atoms with van der Waals surface area (Å²) in [5, 5.41) is 61.8. The lowest BCUT2D eigenvalue weighted by atomic mass is 9.83. The largest absolute Gasteiger partial charge is 0.543 e. The Morgan fingerprint density at radius 1 is 1.07 bits per heavy atom. The summed E-state index contributed by atoms with van der Waals surface area (Å²) >= 11 is 0. The van der Waals surface area contributed by atoms with Crippen molar-refractivity contribution in [3.8, 4) is 0 Å². The molecule has 1 saturated heterocycles. The molecule has 2 aliphatic heterocycles. The van der Waals surface area contributed by atoms with Crippen molar-refractivity contribution in [3.63, 3.8) is 0 Å². The maximum Gasteiger partial charge on any atom is 0.335 e. The van der Waals surface area contributed by atoms with Crippen molar-refractivity contribution in [1.82, 2.24) is 0 Å². The van der Waals surface area contributed by atoms with Crippen LogP contribution in [0, 0.1) is 11.8 Å². The zero-order valence-corrected chi connectivity index (χ0v) is 22.5. The number of rotatable bonds is 11. The molecular formula is C30H33NO11. The van der Waals surface area contributed by atoms with Crippen LogP contribution in [0.4, 0.5) is 0 Å². The highest BCUT2D eigenvalue weighted by molar-refractivity contribution is 5.88. The number of carboxylic acid groups (broad SMARTS) is 2. The molecule has 0 amide bonds. The molecule has 1 aromatic carbocycles. The van der Waals surface area contributed by atoms with Gasteiger partial charge in [-0.1, -0.05) is 48.6 Å². The zero-order valence-electron chi connectivity index (χ0n) is 22.5. The van der Waals surface area contributed by atoms with Gasteiger partial charge in [0.25, 0.3) is 0 Å². The number of hydrogen-bond acceptors (Lipinski definition) is 10. The van der Waals surface area contributed by atoms with Gasteiger partial charge < -0.3 is 49.6 Å². The number of ether oxygens (including phenoxy) is 3. The number of hydrogen-bond donors (Lipinski definition) is 5. The van der Waals surface area contributed by atoms with Crippen LogP contribution in [0.15, 0.2) is 85.4 Å². The summed E-state index contributed by atoms with van der Waals surface area (Å²) in [5.74, 6) is -4.19. The Balaban J connectivity index is 1.57. The molecule has 0 radical (unpaired) electrons. The first kappa shape index (κ1) is 31.0. The Morgan fingerprint density at radius 3 is 2.45 bits per heavy atom. The van der Waals surface area contributed by atoms with E-state index in [1.54, 1.807) is 36.7 Å². The van der Waals surface area contributed by atoms with Crippen molar-refractivity contribution >= 4 is 18.0 Å². The predicted octanol–water partition coefficient (Wildman–Crippen LogP) is -0.919. The van der Waals surface area contributed by atoms with E-state index in [0.29, 0.717) is 5.56 Å². The molecule has 0 spiro atoms. The van der Waals surface area contributed by atoms with Gasteiger partial charge >= 0.3 is 5.97 Å². The Labute approximate surface area is 241 Å². The first-order valence-corrected chi connectivity index (χ1v) is 13.3. The Hall–Kier alpha value is -3.91. The highest BCUT2D eigenvalue weighted by Gasteiger charge is 2.47. The fraction of sp³-hybridized carbons (Fsp3) is 0.367. The summed E-state index contributed by atoms with van der Waals surface area (Å²) < 4.78 is 18.2. The van der Waals surface area contributed by atoms with Crippen LogP contribution < -0.4 is 9.67 Å². The van der Waals surface area contributed by atoms with E-state index in [-0.39, 0.29) is 12.0 Å². The highest BCUT2D eigenvalue weighted by atomic mass is 16.8. The summed E-state index contributed by atoms with van der Waals surface area (Å²) in [4.78, 5) is 24.0. The van der Waals surface area contributed by atoms with Crippen molar-refractivity contribution < 1.29 is 59.0 Å². The lowest BCUT2D eigenvalue weighted by molar-refractivity contribution is -0.715. The highest BCUT2D eigenvalue weighted by Crippen LogP contribution is 2.36. The second-order valence-corrected chi connectivity index (χ2v) is 10.0. The molecule has 12 heteroatoms. The van der Waals surface area contributed by atoms with E-state index in [0.717, 1.165) is 11.8 Å². The molecule has 9 atom stereocenters. The number of benzene rings is 1. The predicted molar refractivity (Wildman–Crippen MR) is 142 cm³/mol. The number of carbonyl (C=O) groups excluding carboxylic acids is 1. The number of pyridine rings is 1. The van der Waals surface area contributed by atoms with Crippen molar-refractivity contribution in [2.24, 2.45) is 11.8 Å². The van der Waals surface area contributed by atoms with Crippen LogP contribution in [-0.4, -0.2) is 81.1 Å². The van der Waals surface area contributed by atoms with Crippen LogP contribution in [0.5, 0.6) is 0 Å². The van der Waals surface area contributed by atoms with Crippen molar-refractivity contribution in [2.75, 3.05) is 6.61 Å². The summed E-state index contributed by atoms with van der Waals surface area (Å²) in [6, 6.07) is 11.5. The number of carbonyl (C=O) groups is 2. The SMILES string of the molecule is C=C[C@H]1[C@H](O[C@@H]2O[C@H](CO)[C@@H](O)[C@H](O)[C@H]2O)OC=C(C(=O)O)[C@H]1/C=C/c1ccc[n+]([C@H](Cc2ccccc2)C(=O)[O-])c1. The molecule has 0 unspecified atom stereocenters. The fourth-order valence-electron chi connectivity index (χ4n) is 4.97. The lowest BCUT2D eigenvalue weighted by Gasteiger charge is -2.42. The molecule has 2 aromatic rings. The topological polar surface area (TPSA) is 190 Å². The van der Waals surface area contributed by atoms with Crippen LogP contribution in [0.3, 0.4) is 0 Å². The minimum atomic E-state index is -1.69. The van der Waals surface area contributed by atoms with E-state index in [9.17, 15) is 40.2 Å². The van der Waals surface area contributed by atoms with Crippen LogP contribution in [0.25, 0.3) is 6.08 Å². The van der Waals surface area contributed by atoms with Crippen LogP contribution in [0.1, 0.15) is 17.2 Å². The molecule has 3 heterocycles. The Kier molecular flexibility index (Phi) is 10.2. The molecule has 224 valence electrons. The number of aliphatic hydroxyl groups is 4. The summed E-state index contributed by atoms with van der Waals surface area (Å²) in [5.41, 5.74) is 1.27. The molecule has 12 nitrogen and oxygen atoms in total. The normalized spacial score (nSPS) is 30.2. The minimum Gasteiger partial charge on any atom is -0.543 e. The second-order valence-electron chi connectivity index (χ2n) is 10.0. The maximum atomic E-state index is 12.1. The van der Waals surface area contributed by atoms with E-state index in [1.165, 1.54) is 10.6 Å². The molecule has 42 heavy (non-hydrogen) atoms. The number of carboxylic acids is 2. The van der Waals surface area contributed by atoms with Crippen molar-refractivity contribution in [2.45, 2.75) is 49.5 Å². The summed E-state index contributed by atoms with van der Waals surface area (Å²) in [6.07, 6.45) is 0.129. The van der Waals surface area contributed by atoms with Crippen molar-refractivity contribution in [3.05, 3.63) is 96.6 Å². The third-order valence-electron chi connectivity index (χ3n) is 7.30. The van der Waals surface area contributed by atoms with Gasteiger partial charge in [-0.2, -0.15) is 4.57 Å². The number of aromatic nitrogens is 1. The van der Waals surface area contributed by atoms with Gasteiger partial charge in [0.1, 0.15) is 30.4 Å². The van der Waals surface area contributed by atoms with Gasteiger partial charge in [-0.05, 0) is 11.6 Å². The second kappa shape index (κ2) is 13.8. The van der Waals surface area contributed by atoms with Gasteiger partial charge in [0, 0.05) is 24.0 Å². The van der Waals surface area contributed by atoms with E-state index >= 15 is 0 Å². The van der Waals surface area contributed by atoms with Gasteiger partial charge in [-0.25, -0.2) is 4.79 Å².